The summed E-state index contributed by atoms with van der Waals surface area (Å²) in [5, 5.41) is 14.2. The molecule has 2 aromatic heterocycles. The van der Waals surface area contributed by atoms with E-state index in [1.165, 1.54) is 12.5 Å². The van der Waals surface area contributed by atoms with Gasteiger partial charge in [0.1, 0.15) is 23.9 Å². The molecule has 3 N–H and O–H groups in total. The van der Waals surface area contributed by atoms with Crippen LogP contribution in [0.1, 0.15) is 42.5 Å². The molecule has 0 unspecified atom stereocenters. The number of ether oxygens (including phenoxy) is 1. The highest BCUT2D eigenvalue weighted by molar-refractivity contribution is 5.92. The van der Waals surface area contributed by atoms with Crippen LogP contribution in [0.3, 0.4) is 0 Å². The van der Waals surface area contributed by atoms with Crippen molar-refractivity contribution >= 4 is 11.7 Å². The zero-order chi connectivity index (χ0) is 20.6. The van der Waals surface area contributed by atoms with Gasteiger partial charge in [0.05, 0.1) is 23.5 Å². The van der Waals surface area contributed by atoms with Crippen molar-refractivity contribution in [3.8, 4) is 0 Å². The van der Waals surface area contributed by atoms with Gasteiger partial charge in [-0.3, -0.25) is 4.79 Å². The number of H-pyrrole nitrogens is 1. The molecule has 0 aliphatic carbocycles. The number of aliphatic hydroxyl groups is 1. The molecule has 9 nitrogen and oxygen atoms in total. The van der Waals surface area contributed by atoms with Gasteiger partial charge in [0.15, 0.2) is 11.6 Å². The lowest BCUT2D eigenvalue weighted by Gasteiger charge is -2.53. The molecule has 29 heavy (non-hydrogen) atoms. The standard InChI is InChI=1S/C19H25FN6O3/c1-12-22-10-14(24-12)16(27)25-18(2)5-8-29-19(17(18)28)3-6-26(7-4-19)15-13(20)9-21-11-23-15/h9-11,17,28H,3-8H2,1-2H3,(H,22,24)(H,25,27)/t17-,18+/m1/s1. The number of aromatic nitrogens is 4. The second-order valence-electron chi connectivity index (χ2n) is 8.00. The maximum atomic E-state index is 14.0. The molecule has 10 heteroatoms. The van der Waals surface area contributed by atoms with Crippen LogP contribution in [-0.4, -0.2) is 67.9 Å². The Bertz CT molecular complexity index is 898. The van der Waals surface area contributed by atoms with E-state index in [2.05, 4.69) is 25.3 Å². The smallest absolute Gasteiger partial charge is 0.269 e. The van der Waals surface area contributed by atoms with Crippen LogP contribution in [0.15, 0.2) is 18.7 Å². The SMILES string of the molecule is Cc1ncc(C(=O)N[C@@]2(C)CCOC3(CCN(c4ncncc4F)CC3)[C@@H]2O)[nH]1. The van der Waals surface area contributed by atoms with E-state index in [0.29, 0.717) is 50.5 Å². The minimum atomic E-state index is -0.908. The highest BCUT2D eigenvalue weighted by Gasteiger charge is 2.54. The number of hydrogen-bond donors (Lipinski definition) is 3. The number of halogens is 1. The molecule has 4 rings (SSSR count). The maximum Gasteiger partial charge on any atom is 0.269 e. The fourth-order valence-electron chi connectivity index (χ4n) is 4.31. The van der Waals surface area contributed by atoms with Gasteiger partial charge < -0.3 is 25.0 Å². The van der Waals surface area contributed by atoms with E-state index in [9.17, 15) is 14.3 Å². The first-order valence-corrected chi connectivity index (χ1v) is 9.70. The molecule has 1 amide bonds. The fraction of sp³-hybridized carbons (Fsp3) is 0.579. The van der Waals surface area contributed by atoms with Gasteiger partial charge in [0.25, 0.3) is 5.91 Å². The summed E-state index contributed by atoms with van der Waals surface area (Å²) in [7, 11) is 0. The molecular formula is C19H25FN6O3. The Morgan fingerprint density at radius 1 is 1.34 bits per heavy atom. The van der Waals surface area contributed by atoms with E-state index >= 15 is 0 Å². The minimum absolute atomic E-state index is 0.255. The molecule has 1 spiro atoms. The van der Waals surface area contributed by atoms with E-state index in [0.717, 1.165) is 6.20 Å². The molecule has 2 atom stereocenters. The molecule has 2 fully saturated rings. The summed E-state index contributed by atoms with van der Waals surface area (Å²) >= 11 is 0. The number of aryl methyl sites for hydroxylation is 1. The van der Waals surface area contributed by atoms with E-state index in [-0.39, 0.29) is 11.7 Å². The van der Waals surface area contributed by atoms with Crippen molar-refractivity contribution in [2.24, 2.45) is 0 Å². The van der Waals surface area contributed by atoms with Crippen LogP contribution in [-0.2, 0) is 4.74 Å². The summed E-state index contributed by atoms with van der Waals surface area (Å²) in [6.45, 7) is 4.98. The normalized spacial score (nSPS) is 26.5. The molecule has 0 bridgehead atoms. The third-order valence-corrected chi connectivity index (χ3v) is 6.02. The Hall–Kier alpha value is -2.59. The quantitative estimate of drug-likeness (QED) is 0.698. The van der Waals surface area contributed by atoms with E-state index in [1.807, 2.05) is 11.8 Å². The number of anilines is 1. The first-order valence-electron chi connectivity index (χ1n) is 9.70. The van der Waals surface area contributed by atoms with Gasteiger partial charge in [0.2, 0.25) is 0 Å². The lowest BCUT2D eigenvalue weighted by atomic mass is 9.73. The Kier molecular flexibility index (Phi) is 4.99. The van der Waals surface area contributed by atoms with Crippen LogP contribution in [0.5, 0.6) is 0 Å². The molecule has 2 aliphatic heterocycles. The Morgan fingerprint density at radius 2 is 2.10 bits per heavy atom. The number of imidazole rings is 1. The van der Waals surface area contributed by atoms with Crippen LogP contribution in [0.25, 0.3) is 0 Å². The molecular weight excluding hydrogens is 379 g/mol. The van der Waals surface area contributed by atoms with Crippen molar-refractivity contribution in [1.29, 1.82) is 0 Å². The first-order chi connectivity index (χ1) is 13.8. The maximum absolute atomic E-state index is 14.0. The van der Waals surface area contributed by atoms with Crippen LogP contribution in [0.2, 0.25) is 0 Å². The number of carbonyl (C=O) groups is 1. The van der Waals surface area contributed by atoms with Gasteiger partial charge in [-0.15, -0.1) is 0 Å². The number of aliphatic hydroxyl groups excluding tert-OH is 1. The second-order valence-corrected chi connectivity index (χ2v) is 8.00. The van der Waals surface area contributed by atoms with Crippen LogP contribution >= 0.6 is 0 Å². The predicted octanol–water partition coefficient (Wildman–Crippen LogP) is 0.956. The Labute approximate surface area is 167 Å². The molecule has 4 heterocycles. The third-order valence-electron chi connectivity index (χ3n) is 6.02. The topological polar surface area (TPSA) is 116 Å². The van der Waals surface area contributed by atoms with Gasteiger partial charge >= 0.3 is 0 Å². The van der Waals surface area contributed by atoms with E-state index < -0.39 is 23.1 Å². The van der Waals surface area contributed by atoms with Gasteiger partial charge in [-0.2, -0.15) is 0 Å². The van der Waals surface area contributed by atoms with Crippen LogP contribution in [0, 0.1) is 12.7 Å². The number of aromatic amines is 1. The summed E-state index contributed by atoms with van der Waals surface area (Å²) in [5.74, 6) is 0.115. The number of nitrogens with one attached hydrogen (secondary N) is 2. The summed E-state index contributed by atoms with van der Waals surface area (Å²) in [5.41, 5.74) is -1.30. The summed E-state index contributed by atoms with van der Waals surface area (Å²) in [6, 6.07) is 0. The molecule has 2 saturated heterocycles. The number of nitrogens with zero attached hydrogens (tertiary/aromatic N) is 4. The van der Waals surface area contributed by atoms with E-state index in [1.54, 1.807) is 6.92 Å². The Balaban J connectivity index is 1.48. The summed E-state index contributed by atoms with van der Waals surface area (Å²) in [4.78, 5) is 29.1. The van der Waals surface area contributed by atoms with Gasteiger partial charge in [-0.25, -0.2) is 19.3 Å². The minimum Gasteiger partial charge on any atom is -0.388 e. The highest BCUT2D eigenvalue weighted by Crippen LogP contribution is 2.40. The molecule has 2 aromatic rings. The van der Waals surface area contributed by atoms with Gasteiger partial charge in [0, 0.05) is 19.7 Å². The van der Waals surface area contributed by atoms with Gasteiger partial charge in [-0.05, 0) is 33.1 Å². The average molecular weight is 404 g/mol. The van der Waals surface area contributed by atoms with Crippen LogP contribution < -0.4 is 10.2 Å². The zero-order valence-corrected chi connectivity index (χ0v) is 16.5. The van der Waals surface area contributed by atoms with Crippen molar-refractivity contribution in [2.45, 2.75) is 50.4 Å². The number of carbonyl (C=O) groups excluding carboxylic acids is 1. The van der Waals surface area contributed by atoms with Crippen molar-refractivity contribution in [2.75, 3.05) is 24.6 Å². The predicted molar refractivity (Wildman–Crippen MR) is 102 cm³/mol. The molecule has 2 aliphatic rings. The van der Waals surface area contributed by atoms with Crippen LogP contribution in [0.4, 0.5) is 10.2 Å². The average Bonchev–Trinajstić information content (AvgIpc) is 3.14. The summed E-state index contributed by atoms with van der Waals surface area (Å²) < 4.78 is 20.1. The van der Waals surface area contributed by atoms with Crippen molar-refractivity contribution < 1.29 is 19.0 Å². The van der Waals surface area contributed by atoms with Crippen molar-refractivity contribution in [3.05, 3.63) is 36.1 Å². The number of rotatable bonds is 3. The number of hydrogen-bond acceptors (Lipinski definition) is 7. The van der Waals surface area contributed by atoms with Gasteiger partial charge in [-0.1, -0.05) is 0 Å². The van der Waals surface area contributed by atoms with Crippen molar-refractivity contribution in [3.63, 3.8) is 0 Å². The summed E-state index contributed by atoms with van der Waals surface area (Å²) in [6.07, 6.45) is 4.50. The van der Waals surface area contributed by atoms with Crippen molar-refractivity contribution in [1.82, 2.24) is 25.3 Å². The molecule has 0 saturated carbocycles. The van der Waals surface area contributed by atoms with E-state index in [4.69, 9.17) is 4.74 Å². The molecule has 156 valence electrons. The fourth-order valence-corrected chi connectivity index (χ4v) is 4.31. The monoisotopic (exact) mass is 404 g/mol. The first kappa shape index (κ1) is 19.7. The third kappa shape index (κ3) is 3.58. The highest BCUT2D eigenvalue weighted by atomic mass is 19.1. The lowest BCUT2D eigenvalue weighted by molar-refractivity contribution is -0.195. The molecule has 0 aromatic carbocycles. The Morgan fingerprint density at radius 3 is 2.76 bits per heavy atom. The molecule has 0 radical (unpaired) electrons. The number of amides is 1. The zero-order valence-electron chi connectivity index (χ0n) is 16.5. The lowest BCUT2D eigenvalue weighted by Crippen LogP contribution is -2.69. The second kappa shape index (κ2) is 7.34. The number of piperidine rings is 1. The largest absolute Gasteiger partial charge is 0.388 e.